The van der Waals surface area contributed by atoms with E-state index in [0.29, 0.717) is 12.2 Å². The highest BCUT2D eigenvalue weighted by molar-refractivity contribution is 7.17. The second-order valence-electron chi connectivity index (χ2n) is 7.40. The quantitative estimate of drug-likeness (QED) is 0.466. The molecule has 1 aliphatic rings. The SMILES string of the molecule is Cc1[nH]c(C(=O)NC2CCN(c3nc(-c4ncccc4F)c(C(=O)O)s3)CC2F)c(Cl)c1Cl. The summed E-state index contributed by atoms with van der Waals surface area (Å²) in [5.41, 5.74) is 0.284. The van der Waals surface area contributed by atoms with Gasteiger partial charge in [-0.15, -0.1) is 0 Å². The Morgan fingerprint density at radius 3 is 2.70 bits per heavy atom. The van der Waals surface area contributed by atoms with Crippen molar-refractivity contribution < 1.29 is 23.5 Å². The Morgan fingerprint density at radius 1 is 1.33 bits per heavy atom. The summed E-state index contributed by atoms with van der Waals surface area (Å²) in [6.07, 6.45) is 0.0906. The summed E-state index contributed by atoms with van der Waals surface area (Å²) in [4.78, 5) is 36.5. The van der Waals surface area contributed by atoms with Crippen LogP contribution in [0.1, 0.15) is 32.3 Å². The summed E-state index contributed by atoms with van der Waals surface area (Å²) in [7, 11) is 0. The monoisotopic (exact) mass is 515 g/mol. The maximum atomic E-state index is 15.0. The molecule has 8 nitrogen and oxygen atoms in total. The molecule has 4 rings (SSSR count). The molecule has 0 radical (unpaired) electrons. The summed E-state index contributed by atoms with van der Waals surface area (Å²) in [6.45, 7) is 1.81. The number of hydrogen-bond donors (Lipinski definition) is 3. The van der Waals surface area contributed by atoms with Gasteiger partial charge in [0.05, 0.1) is 22.6 Å². The van der Waals surface area contributed by atoms with Crippen molar-refractivity contribution >= 4 is 51.5 Å². The minimum atomic E-state index is -1.47. The Labute approximate surface area is 200 Å². The van der Waals surface area contributed by atoms with Gasteiger partial charge in [0.2, 0.25) is 0 Å². The van der Waals surface area contributed by atoms with Crippen LogP contribution in [-0.4, -0.2) is 57.2 Å². The fourth-order valence-corrected chi connectivity index (χ4v) is 4.88. The van der Waals surface area contributed by atoms with Crippen molar-refractivity contribution in [2.75, 3.05) is 18.0 Å². The van der Waals surface area contributed by atoms with Crippen molar-refractivity contribution in [1.82, 2.24) is 20.3 Å². The smallest absolute Gasteiger partial charge is 0.348 e. The van der Waals surface area contributed by atoms with Crippen LogP contribution in [0.25, 0.3) is 11.4 Å². The third kappa shape index (κ3) is 4.53. The number of carboxylic acids is 1. The maximum Gasteiger partial charge on any atom is 0.348 e. The molecule has 0 aliphatic carbocycles. The predicted molar refractivity (Wildman–Crippen MR) is 121 cm³/mol. The maximum absolute atomic E-state index is 15.0. The molecule has 3 N–H and O–H groups in total. The topological polar surface area (TPSA) is 111 Å². The van der Waals surface area contributed by atoms with E-state index in [1.54, 1.807) is 11.8 Å². The van der Waals surface area contributed by atoms with Crippen LogP contribution in [-0.2, 0) is 0 Å². The number of nitrogens with zero attached hydrogens (tertiary/aromatic N) is 3. The van der Waals surface area contributed by atoms with Crippen LogP contribution >= 0.6 is 34.5 Å². The summed E-state index contributed by atoms with van der Waals surface area (Å²) < 4.78 is 29.1. The number of alkyl halides is 1. The minimum absolute atomic E-state index is 0.0573. The predicted octanol–water partition coefficient (Wildman–Crippen LogP) is 4.33. The standard InChI is InChI=1S/C20H17Cl2F2N5O3S/c1-8-12(21)13(22)15(26-8)18(30)27-11-4-6-29(7-10(11)24)20-28-16(17(33-20)19(31)32)14-9(23)3-2-5-25-14/h2-3,5,10-11,26H,4,6-7H2,1H3,(H,27,30)(H,31,32). The molecular formula is C20H17Cl2F2N5O3S. The summed E-state index contributed by atoms with van der Waals surface area (Å²) in [6, 6.07) is 1.75. The van der Waals surface area contributed by atoms with Gasteiger partial charge in [-0.2, -0.15) is 0 Å². The number of piperidine rings is 1. The van der Waals surface area contributed by atoms with Gasteiger partial charge in [-0.25, -0.2) is 18.6 Å². The van der Waals surface area contributed by atoms with E-state index >= 15 is 0 Å². The number of pyridine rings is 1. The number of rotatable bonds is 5. The van der Waals surface area contributed by atoms with Gasteiger partial charge in [0, 0.05) is 18.4 Å². The van der Waals surface area contributed by atoms with Crippen LogP contribution in [0.3, 0.4) is 0 Å². The molecule has 2 atom stereocenters. The van der Waals surface area contributed by atoms with E-state index < -0.39 is 29.9 Å². The first-order chi connectivity index (χ1) is 15.7. The fraction of sp³-hybridized carbons (Fsp3) is 0.300. The molecule has 1 fully saturated rings. The molecule has 33 heavy (non-hydrogen) atoms. The first-order valence-corrected chi connectivity index (χ1v) is 11.3. The Bertz CT molecular complexity index is 1230. The number of aryl methyl sites for hydroxylation is 1. The molecule has 0 spiro atoms. The third-order valence-corrected chi connectivity index (χ3v) is 7.25. The number of carbonyl (C=O) groups is 2. The van der Waals surface area contributed by atoms with Gasteiger partial charge in [-0.3, -0.25) is 9.78 Å². The lowest BCUT2D eigenvalue weighted by Crippen LogP contribution is -2.52. The number of aromatic amines is 1. The van der Waals surface area contributed by atoms with Gasteiger partial charge >= 0.3 is 5.97 Å². The highest BCUT2D eigenvalue weighted by atomic mass is 35.5. The lowest BCUT2D eigenvalue weighted by molar-refractivity contribution is 0.0702. The van der Waals surface area contributed by atoms with Crippen molar-refractivity contribution in [3.63, 3.8) is 0 Å². The lowest BCUT2D eigenvalue weighted by atomic mass is 10.0. The van der Waals surface area contributed by atoms with E-state index in [2.05, 4.69) is 20.3 Å². The highest BCUT2D eigenvalue weighted by Gasteiger charge is 2.34. The van der Waals surface area contributed by atoms with E-state index in [1.165, 1.54) is 12.3 Å². The number of aromatic nitrogens is 3. The van der Waals surface area contributed by atoms with Crippen molar-refractivity contribution in [1.29, 1.82) is 0 Å². The second-order valence-corrected chi connectivity index (χ2v) is 9.13. The van der Waals surface area contributed by atoms with Gasteiger partial charge in [-0.1, -0.05) is 34.5 Å². The lowest BCUT2D eigenvalue weighted by Gasteiger charge is -2.34. The number of hydrogen-bond acceptors (Lipinski definition) is 6. The number of carboxylic acid groups (broad SMARTS) is 1. The van der Waals surface area contributed by atoms with Crippen LogP contribution in [0.4, 0.5) is 13.9 Å². The molecule has 0 aromatic carbocycles. The van der Waals surface area contributed by atoms with Crippen LogP contribution in [0.15, 0.2) is 18.3 Å². The summed E-state index contributed by atoms with van der Waals surface area (Å²) in [5, 5.41) is 12.7. The summed E-state index contributed by atoms with van der Waals surface area (Å²) in [5.74, 6) is -2.57. The summed E-state index contributed by atoms with van der Waals surface area (Å²) >= 11 is 12.9. The van der Waals surface area contributed by atoms with E-state index in [9.17, 15) is 23.5 Å². The highest BCUT2D eigenvalue weighted by Crippen LogP contribution is 2.35. The molecular weight excluding hydrogens is 499 g/mol. The van der Waals surface area contributed by atoms with Crippen LogP contribution < -0.4 is 10.2 Å². The van der Waals surface area contributed by atoms with Crippen molar-refractivity contribution in [3.8, 4) is 11.4 Å². The first-order valence-electron chi connectivity index (χ1n) is 9.75. The number of carbonyl (C=O) groups excluding carboxylic acids is 1. The zero-order chi connectivity index (χ0) is 23.9. The van der Waals surface area contributed by atoms with Gasteiger partial charge < -0.3 is 20.3 Å². The first kappa shape index (κ1) is 23.4. The van der Waals surface area contributed by atoms with Gasteiger partial charge in [0.1, 0.15) is 28.1 Å². The third-order valence-electron chi connectivity index (χ3n) is 5.20. The zero-order valence-corrected chi connectivity index (χ0v) is 19.4. The second kappa shape index (κ2) is 9.24. The Hall–Kier alpha value is -2.76. The largest absolute Gasteiger partial charge is 0.477 e. The Kier molecular flexibility index (Phi) is 6.55. The van der Waals surface area contributed by atoms with Crippen molar-refractivity contribution in [2.24, 2.45) is 0 Å². The molecule has 3 aromatic heterocycles. The van der Waals surface area contributed by atoms with Crippen molar-refractivity contribution in [2.45, 2.75) is 25.6 Å². The van der Waals surface area contributed by atoms with Crippen LogP contribution in [0, 0.1) is 12.7 Å². The number of thiazole rings is 1. The normalized spacial score (nSPS) is 18.4. The Balaban J connectivity index is 1.50. The number of aromatic carboxylic acids is 1. The van der Waals surface area contributed by atoms with E-state index in [4.69, 9.17) is 23.2 Å². The van der Waals surface area contributed by atoms with Gasteiger partial charge in [0.15, 0.2) is 10.9 Å². The Morgan fingerprint density at radius 2 is 2.09 bits per heavy atom. The molecule has 1 aliphatic heterocycles. The molecule has 0 bridgehead atoms. The molecule has 3 aromatic rings. The number of amides is 1. The average molecular weight is 516 g/mol. The molecule has 174 valence electrons. The minimum Gasteiger partial charge on any atom is -0.477 e. The van der Waals surface area contributed by atoms with Crippen LogP contribution in [0.5, 0.6) is 0 Å². The molecule has 0 saturated carbocycles. The molecule has 4 heterocycles. The number of nitrogens with one attached hydrogen (secondary N) is 2. The van der Waals surface area contributed by atoms with Gasteiger partial charge in [-0.05, 0) is 25.5 Å². The molecule has 1 amide bonds. The van der Waals surface area contributed by atoms with Gasteiger partial charge in [0.25, 0.3) is 5.91 Å². The number of H-pyrrole nitrogens is 1. The van der Waals surface area contributed by atoms with Crippen LogP contribution in [0.2, 0.25) is 10.0 Å². The van der Waals surface area contributed by atoms with E-state index in [0.717, 1.165) is 17.4 Å². The van der Waals surface area contributed by atoms with E-state index in [1.807, 2.05) is 0 Å². The zero-order valence-electron chi connectivity index (χ0n) is 17.0. The molecule has 13 heteroatoms. The fourth-order valence-electron chi connectivity index (χ4n) is 3.52. The number of halogens is 4. The van der Waals surface area contributed by atoms with Crippen molar-refractivity contribution in [3.05, 3.63) is 50.5 Å². The molecule has 1 saturated heterocycles. The average Bonchev–Trinajstić information content (AvgIpc) is 3.33. The number of anilines is 1. The molecule has 2 unspecified atom stereocenters. The van der Waals surface area contributed by atoms with E-state index in [-0.39, 0.29) is 50.1 Å².